The summed E-state index contributed by atoms with van der Waals surface area (Å²) >= 11 is 0. The van der Waals surface area contributed by atoms with Gasteiger partial charge < -0.3 is 10.0 Å². The van der Waals surface area contributed by atoms with Crippen LogP contribution in [0.15, 0.2) is 42.7 Å². The van der Waals surface area contributed by atoms with Crippen molar-refractivity contribution in [1.82, 2.24) is 9.88 Å². The summed E-state index contributed by atoms with van der Waals surface area (Å²) in [5.41, 5.74) is 3.07. The van der Waals surface area contributed by atoms with E-state index in [1.165, 1.54) is 0 Å². The van der Waals surface area contributed by atoms with Crippen molar-refractivity contribution >= 4 is 17.6 Å². The van der Waals surface area contributed by atoms with Crippen molar-refractivity contribution in [2.24, 2.45) is 0 Å². The minimum atomic E-state index is -0.952. The van der Waals surface area contributed by atoms with Crippen LogP contribution >= 0.6 is 0 Å². The fourth-order valence-electron chi connectivity index (χ4n) is 3.90. The molecule has 0 aliphatic carbocycles. The first-order valence-corrected chi connectivity index (χ1v) is 10.3. The van der Waals surface area contributed by atoms with Gasteiger partial charge in [0.1, 0.15) is 0 Å². The molecule has 0 fully saturated rings. The molecular weight excluding hydrogens is 366 g/mol. The van der Waals surface area contributed by atoms with Crippen molar-refractivity contribution in [3.63, 3.8) is 0 Å². The zero-order valence-corrected chi connectivity index (χ0v) is 17.0. The highest BCUT2D eigenvalue weighted by molar-refractivity contribution is 5.94. The summed E-state index contributed by atoms with van der Waals surface area (Å²) in [5, 5.41) is 9.47. The molecule has 1 N–H and O–H groups in total. The lowest BCUT2D eigenvalue weighted by Crippen LogP contribution is -2.32. The lowest BCUT2D eigenvalue weighted by atomic mass is 10.0. The molecule has 154 valence electrons. The molecule has 1 amide bonds. The summed E-state index contributed by atoms with van der Waals surface area (Å²) < 4.78 is 0. The largest absolute Gasteiger partial charge is 0.478 e. The van der Waals surface area contributed by atoms with Gasteiger partial charge in [0, 0.05) is 44.6 Å². The van der Waals surface area contributed by atoms with Crippen LogP contribution in [0.2, 0.25) is 0 Å². The molecule has 0 spiro atoms. The van der Waals surface area contributed by atoms with Crippen LogP contribution in [0.25, 0.3) is 0 Å². The summed E-state index contributed by atoms with van der Waals surface area (Å²) in [6.45, 7) is 4.50. The smallest absolute Gasteiger partial charge is 0.335 e. The second-order valence-electron chi connectivity index (χ2n) is 7.66. The number of hydrogen-bond acceptors (Lipinski definition) is 4. The number of nitrogens with zero attached hydrogens (tertiary/aromatic N) is 3. The zero-order chi connectivity index (χ0) is 20.6. The maximum atomic E-state index is 12.4. The predicted molar refractivity (Wildman–Crippen MR) is 113 cm³/mol. The molecule has 1 aliphatic rings. The Morgan fingerprint density at radius 3 is 2.52 bits per heavy atom. The molecule has 6 heteroatoms. The second-order valence-corrected chi connectivity index (χ2v) is 7.66. The Balaban J connectivity index is 1.97. The number of amides is 1. The Morgan fingerprint density at radius 2 is 1.83 bits per heavy atom. The maximum absolute atomic E-state index is 12.4. The molecule has 2 aromatic rings. The number of hydrogen-bond donors (Lipinski definition) is 1. The number of carbonyl (C=O) groups excluding carboxylic acids is 1. The molecule has 0 radical (unpaired) electrons. The van der Waals surface area contributed by atoms with Crippen LogP contribution in [0.4, 0.5) is 5.69 Å². The van der Waals surface area contributed by atoms with E-state index >= 15 is 0 Å². The lowest BCUT2D eigenvalue weighted by molar-refractivity contribution is -0.116. The van der Waals surface area contributed by atoms with Crippen molar-refractivity contribution < 1.29 is 14.7 Å². The van der Waals surface area contributed by atoms with E-state index in [4.69, 9.17) is 0 Å². The maximum Gasteiger partial charge on any atom is 0.335 e. The van der Waals surface area contributed by atoms with Crippen LogP contribution in [0, 0.1) is 0 Å². The molecule has 0 unspecified atom stereocenters. The van der Waals surface area contributed by atoms with Gasteiger partial charge in [-0.3, -0.25) is 14.7 Å². The molecule has 0 atom stereocenters. The third kappa shape index (κ3) is 5.87. The first kappa shape index (κ1) is 21.0. The molecule has 6 nitrogen and oxygen atoms in total. The van der Waals surface area contributed by atoms with Crippen molar-refractivity contribution in [3.8, 4) is 0 Å². The van der Waals surface area contributed by atoms with Gasteiger partial charge in [-0.2, -0.15) is 0 Å². The van der Waals surface area contributed by atoms with Crippen LogP contribution in [0.1, 0.15) is 60.5 Å². The summed E-state index contributed by atoms with van der Waals surface area (Å²) in [7, 11) is 0. The summed E-state index contributed by atoms with van der Waals surface area (Å²) in [6.07, 6.45) is 9.10. The summed E-state index contributed by atoms with van der Waals surface area (Å²) in [4.78, 5) is 32.2. The first-order valence-electron chi connectivity index (χ1n) is 10.3. The number of aromatic carboxylic acids is 1. The number of pyridine rings is 1. The minimum Gasteiger partial charge on any atom is -0.478 e. The van der Waals surface area contributed by atoms with E-state index in [0.717, 1.165) is 62.0 Å². The average molecular weight is 396 g/mol. The molecule has 1 aliphatic heterocycles. The Morgan fingerprint density at radius 1 is 1.07 bits per heavy atom. The molecule has 2 heterocycles. The van der Waals surface area contributed by atoms with Gasteiger partial charge in [0.2, 0.25) is 5.91 Å². The molecule has 0 saturated heterocycles. The van der Waals surface area contributed by atoms with Gasteiger partial charge >= 0.3 is 5.97 Å². The standard InChI is InChI=1S/C23H29N3O3/c1-18(27)26-13-6-4-2-3-5-12-25(16-19-8-7-11-24-15-19)17-21-14-20(23(28)29)9-10-22(21)26/h7-11,14-15H,2-6,12-13,16-17H2,1H3,(H,28,29). The van der Waals surface area contributed by atoms with E-state index in [2.05, 4.69) is 16.0 Å². The van der Waals surface area contributed by atoms with Crippen molar-refractivity contribution in [2.75, 3.05) is 18.0 Å². The van der Waals surface area contributed by atoms with Gasteiger partial charge in [-0.25, -0.2) is 4.79 Å². The Kier molecular flexibility index (Phi) is 7.36. The van der Waals surface area contributed by atoms with E-state index in [-0.39, 0.29) is 11.5 Å². The van der Waals surface area contributed by atoms with Gasteiger partial charge in [0.05, 0.1) is 5.56 Å². The van der Waals surface area contributed by atoms with Gasteiger partial charge in [0.25, 0.3) is 0 Å². The Hall–Kier alpha value is -2.73. The zero-order valence-electron chi connectivity index (χ0n) is 17.0. The third-order valence-electron chi connectivity index (χ3n) is 5.38. The number of rotatable bonds is 3. The van der Waals surface area contributed by atoms with Gasteiger partial charge in [0.15, 0.2) is 0 Å². The normalized spacial score (nSPS) is 16.4. The number of anilines is 1. The van der Waals surface area contributed by atoms with Crippen LogP contribution in [-0.4, -0.2) is 40.0 Å². The molecule has 0 bridgehead atoms. The summed E-state index contributed by atoms with van der Waals surface area (Å²) in [6, 6.07) is 9.08. The molecule has 1 aromatic carbocycles. The monoisotopic (exact) mass is 395 g/mol. The van der Waals surface area contributed by atoms with E-state index in [1.54, 1.807) is 36.2 Å². The van der Waals surface area contributed by atoms with Crippen molar-refractivity contribution in [1.29, 1.82) is 0 Å². The quantitative estimate of drug-likeness (QED) is 0.847. The van der Waals surface area contributed by atoms with Crippen LogP contribution in [-0.2, 0) is 17.9 Å². The Bertz CT molecular complexity index is 839. The highest BCUT2D eigenvalue weighted by atomic mass is 16.4. The SMILES string of the molecule is CC(=O)N1CCCCCCCN(Cc2cccnc2)Cc2cc(C(=O)O)ccc21. The van der Waals surface area contributed by atoms with E-state index in [9.17, 15) is 14.7 Å². The van der Waals surface area contributed by atoms with Gasteiger partial charge in [-0.15, -0.1) is 0 Å². The fraction of sp³-hybridized carbons (Fsp3) is 0.435. The van der Waals surface area contributed by atoms with Crippen molar-refractivity contribution in [2.45, 2.75) is 52.1 Å². The topological polar surface area (TPSA) is 73.7 Å². The van der Waals surface area contributed by atoms with E-state index in [0.29, 0.717) is 13.1 Å². The second kappa shape index (κ2) is 10.2. The van der Waals surface area contributed by atoms with Crippen LogP contribution < -0.4 is 4.90 Å². The highest BCUT2D eigenvalue weighted by Crippen LogP contribution is 2.26. The predicted octanol–water partition coefficient (Wildman–Crippen LogP) is 4.10. The number of carboxylic acid groups (broad SMARTS) is 1. The highest BCUT2D eigenvalue weighted by Gasteiger charge is 2.20. The first-order chi connectivity index (χ1) is 14.0. The molecular formula is C23H29N3O3. The lowest BCUT2D eigenvalue weighted by Gasteiger charge is -2.29. The molecule has 3 rings (SSSR count). The van der Waals surface area contributed by atoms with Crippen LogP contribution in [0.5, 0.6) is 0 Å². The number of carbonyl (C=O) groups is 2. The van der Waals surface area contributed by atoms with Gasteiger partial charge in [-0.1, -0.05) is 25.3 Å². The average Bonchev–Trinajstić information content (AvgIpc) is 2.69. The summed E-state index contributed by atoms with van der Waals surface area (Å²) in [5.74, 6) is -0.961. The molecule has 29 heavy (non-hydrogen) atoms. The Labute approximate surface area is 172 Å². The van der Waals surface area contributed by atoms with E-state index < -0.39 is 5.97 Å². The van der Waals surface area contributed by atoms with Gasteiger partial charge in [-0.05, 0) is 54.8 Å². The number of aromatic nitrogens is 1. The molecule has 0 saturated carbocycles. The minimum absolute atomic E-state index is 0.00908. The number of carboxylic acids is 1. The van der Waals surface area contributed by atoms with Crippen molar-refractivity contribution in [3.05, 3.63) is 59.4 Å². The third-order valence-corrected chi connectivity index (χ3v) is 5.38. The number of fused-ring (bicyclic) bond motifs is 1. The molecule has 1 aromatic heterocycles. The number of benzene rings is 1. The van der Waals surface area contributed by atoms with E-state index in [1.807, 2.05) is 12.3 Å². The fourth-order valence-corrected chi connectivity index (χ4v) is 3.90. The van der Waals surface area contributed by atoms with Crippen LogP contribution in [0.3, 0.4) is 0 Å².